The number of amides is 1. The molecule has 1 aliphatic rings. The number of methoxy groups -OCH3 is 1. The number of hydrogen-bond donors (Lipinski definition) is 2. The molecule has 2 atom stereocenters. The van der Waals surface area contributed by atoms with Gasteiger partial charge in [0.25, 0.3) is 0 Å². The summed E-state index contributed by atoms with van der Waals surface area (Å²) in [5.74, 6) is 0.933. The lowest BCUT2D eigenvalue weighted by Gasteiger charge is -2.27. The highest BCUT2D eigenvalue weighted by Crippen LogP contribution is 2.26. The molecule has 0 spiro atoms. The van der Waals surface area contributed by atoms with Crippen LogP contribution >= 0.6 is 0 Å². The number of ether oxygens (including phenoxy) is 1. The van der Waals surface area contributed by atoms with Crippen LogP contribution in [0, 0.1) is 5.92 Å². The highest BCUT2D eigenvalue weighted by Gasteiger charge is 2.26. The summed E-state index contributed by atoms with van der Waals surface area (Å²) in [4.78, 5) is 20.4. The monoisotopic (exact) mass is 367 g/mol. The topological polar surface area (TPSA) is 121 Å². The Morgan fingerprint density at radius 1 is 1.30 bits per heavy atom. The van der Waals surface area contributed by atoms with E-state index in [4.69, 9.17) is 10.5 Å². The van der Waals surface area contributed by atoms with Gasteiger partial charge in [0.05, 0.1) is 19.0 Å². The molecule has 2 aromatic heterocycles. The van der Waals surface area contributed by atoms with E-state index >= 15 is 0 Å². The van der Waals surface area contributed by atoms with Crippen molar-refractivity contribution in [3.05, 3.63) is 30.5 Å². The molecule has 0 radical (unpaired) electrons. The van der Waals surface area contributed by atoms with Gasteiger partial charge in [-0.15, -0.1) is 5.10 Å². The second kappa shape index (κ2) is 7.18. The number of benzene rings is 1. The quantitative estimate of drug-likeness (QED) is 0.703. The maximum atomic E-state index is 11.5. The van der Waals surface area contributed by atoms with Crippen molar-refractivity contribution in [2.24, 2.45) is 11.7 Å². The Kier molecular flexibility index (Phi) is 4.57. The third kappa shape index (κ3) is 3.53. The summed E-state index contributed by atoms with van der Waals surface area (Å²) in [6.45, 7) is 0. The first kappa shape index (κ1) is 17.2. The number of nitrogens with one attached hydrogen (secondary N) is 1. The van der Waals surface area contributed by atoms with Crippen molar-refractivity contribution >= 4 is 23.0 Å². The maximum Gasteiger partial charge on any atom is 0.225 e. The van der Waals surface area contributed by atoms with Gasteiger partial charge < -0.3 is 15.8 Å². The molecule has 3 N–H and O–H groups in total. The molecule has 140 valence electrons. The van der Waals surface area contributed by atoms with E-state index in [-0.39, 0.29) is 17.9 Å². The Balaban J connectivity index is 1.59. The van der Waals surface area contributed by atoms with Crippen LogP contribution in [0.2, 0.25) is 0 Å². The maximum absolute atomic E-state index is 11.5. The van der Waals surface area contributed by atoms with Crippen molar-refractivity contribution in [3.63, 3.8) is 0 Å². The van der Waals surface area contributed by atoms with Gasteiger partial charge in [-0.1, -0.05) is 11.6 Å². The van der Waals surface area contributed by atoms with Crippen LogP contribution in [0.5, 0.6) is 5.75 Å². The number of primary amides is 1. The van der Waals surface area contributed by atoms with Gasteiger partial charge in [-0.3, -0.25) is 4.79 Å². The van der Waals surface area contributed by atoms with Gasteiger partial charge in [0.2, 0.25) is 11.9 Å². The lowest BCUT2D eigenvalue weighted by atomic mass is 9.85. The predicted octanol–water partition coefficient (Wildman–Crippen LogP) is 1.68. The molecule has 1 aromatic carbocycles. The van der Waals surface area contributed by atoms with Crippen molar-refractivity contribution < 1.29 is 9.53 Å². The molecule has 1 saturated carbocycles. The molecule has 0 aliphatic heterocycles. The van der Waals surface area contributed by atoms with Gasteiger partial charge >= 0.3 is 0 Å². The minimum atomic E-state index is -0.236. The number of anilines is 1. The molecule has 1 amide bonds. The van der Waals surface area contributed by atoms with Gasteiger partial charge in [-0.05, 0) is 43.5 Å². The van der Waals surface area contributed by atoms with Crippen LogP contribution in [0.1, 0.15) is 25.7 Å². The second-order valence-corrected chi connectivity index (χ2v) is 6.71. The molecule has 3 aromatic rings. The Morgan fingerprint density at radius 3 is 2.85 bits per heavy atom. The van der Waals surface area contributed by atoms with E-state index in [1.54, 1.807) is 18.0 Å². The highest BCUT2D eigenvalue weighted by molar-refractivity contribution is 5.77. The number of aromatic nitrogens is 5. The number of carbonyl (C=O) groups excluding carboxylic acids is 1. The van der Waals surface area contributed by atoms with Gasteiger partial charge in [0.15, 0.2) is 11.2 Å². The standard InChI is InChI=1S/C18H21N7O2/c1-27-14-7-5-13(6-8-14)25-17-15(23-24-25)10-20-18(22-17)21-12-4-2-3-11(9-12)16(19)26/h5-8,10-12H,2-4,9H2,1H3,(H2,19,26)(H,20,21,22)/t11-,12-/m0/s1. The summed E-state index contributed by atoms with van der Waals surface area (Å²) in [6.07, 6.45) is 5.11. The lowest BCUT2D eigenvalue weighted by molar-refractivity contribution is -0.122. The average molecular weight is 367 g/mol. The first-order valence-electron chi connectivity index (χ1n) is 8.93. The van der Waals surface area contributed by atoms with Crippen LogP contribution in [-0.2, 0) is 4.79 Å². The smallest absolute Gasteiger partial charge is 0.225 e. The number of fused-ring (bicyclic) bond motifs is 1. The average Bonchev–Trinajstić information content (AvgIpc) is 3.11. The van der Waals surface area contributed by atoms with Gasteiger partial charge in [0, 0.05) is 12.0 Å². The zero-order valence-electron chi connectivity index (χ0n) is 15.0. The van der Waals surface area contributed by atoms with Crippen LogP contribution in [0.25, 0.3) is 16.9 Å². The van der Waals surface area contributed by atoms with Crippen LogP contribution in [0.4, 0.5) is 5.95 Å². The van der Waals surface area contributed by atoms with Gasteiger partial charge in [0.1, 0.15) is 5.75 Å². The molecule has 9 nitrogen and oxygen atoms in total. The van der Waals surface area contributed by atoms with Crippen LogP contribution in [-0.4, -0.2) is 44.0 Å². The van der Waals surface area contributed by atoms with E-state index in [1.165, 1.54) is 0 Å². The lowest BCUT2D eigenvalue weighted by Crippen LogP contribution is -2.34. The normalized spacial score (nSPS) is 19.7. The third-order valence-electron chi connectivity index (χ3n) is 4.92. The zero-order chi connectivity index (χ0) is 18.8. The van der Waals surface area contributed by atoms with Crippen molar-refractivity contribution in [3.8, 4) is 11.4 Å². The third-order valence-corrected chi connectivity index (χ3v) is 4.92. The molecule has 9 heteroatoms. The molecule has 2 heterocycles. The van der Waals surface area contributed by atoms with E-state index in [2.05, 4.69) is 25.6 Å². The SMILES string of the molecule is COc1ccc(-n2nnc3cnc(N[C@H]4CCC[C@H](C(N)=O)C4)nc32)cc1. The Hall–Kier alpha value is -3.23. The summed E-state index contributed by atoms with van der Waals surface area (Å²) in [6, 6.07) is 7.62. The Labute approximate surface area is 155 Å². The van der Waals surface area contributed by atoms with Crippen LogP contribution in [0.15, 0.2) is 30.5 Å². The van der Waals surface area contributed by atoms with Crippen molar-refractivity contribution in [1.82, 2.24) is 25.0 Å². The van der Waals surface area contributed by atoms with E-state index in [1.807, 2.05) is 24.3 Å². The zero-order valence-corrected chi connectivity index (χ0v) is 15.0. The minimum Gasteiger partial charge on any atom is -0.497 e. The molecule has 27 heavy (non-hydrogen) atoms. The molecule has 1 fully saturated rings. The number of nitrogens with two attached hydrogens (primary N) is 1. The Morgan fingerprint density at radius 2 is 2.11 bits per heavy atom. The number of rotatable bonds is 5. The number of hydrogen-bond acceptors (Lipinski definition) is 7. The van der Waals surface area contributed by atoms with Gasteiger partial charge in [-0.2, -0.15) is 9.67 Å². The first-order valence-corrected chi connectivity index (χ1v) is 8.93. The highest BCUT2D eigenvalue weighted by atomic mass is 16.5. The van der Waals surface area contributed by atoms with Crippen molar-refractivity contribution in [1.29, 1.82) is 0 Å². The fourth-order valence-corrected chi connectivity index (χ4v) is 3.46. The molecular formula is C18H21N7O2. The summed E-state index contributed by atoms with van der Waals surface area (Å²) in [5.41, 5.74) is 7.51. The number of carbonyl (C=O) groups is 1. The predicted molar refractivity (Wildman–Crippen MR) is 99.6 cm³/mol. The summed E-state index contributed by atoms with van der Waals surface area (Å²) >= 11 is 0. The fraction of sp³-hybridized carbons (Fsp3) is 0.389. The molecular weight excluding hydrogens is 346 g/mol. The molecule has 0 saturated heterocycles. The van der Waals surface area contributed by atoms with Crippen LogP contribution < -0.4 is 15.8 Å². The molecule has 4 rings (SSSR count). The molecule has 0 bridgehead atoms. The Bertz CT molecular complexity index is 954. The summed E-state index contributed by atoms with van der Waals surface area (Å²) in [7, 11) is 1.62. The van der Waals surface area contributed by atoms with E-state index in [0.29, 0.717) is 23.5 Å². The number of nitrogens with zero attached hydrogens (tertiary/aromatic N) is 5. The van der Waals surface area contributed by atoms with E-state index in [0.717, 1.165) is 30.7 Å². The fourth-order valence-electron chi connectivity index (χ4n) is 3.46. The van der Waals surface area contributed by atoms with Crippen LogP contribution in [0.3, 0.4) is 0 Å². The first-order chi connectivity index (χ1) is 13.1. The van der Waals surface area contributed by atoms with Crippen molar-refractivity contribution in [2.75, 3.05) is 12.4 Å². The molecule has 0 unspecified atom stereocenters. The van der Waals surface area contributed by atoms with Crippen molar-refractivity contribution in [2.45, 2.75) is 31.7 Å². The minimum absolute atomic E-state index is 0.0912. The second-order valence-electron chi connectivity index (χ2n) is 6.71. The van der Waals surface area contributed by atoms with E-state index in [9.17, 15) is 4.79 Å². The largest absolute Gasteiger partial charge is 0.497 e. The van der Waals surface area contributed by atoms with E-state index < -0.39 is 0 Å². The summed E-state index contributed by atoms with van der Waals surface area (Å²) in [5, 5.41) is 11.6. The van der Waals surface area contributed by atoms with Gasteiger partial charge in [-0.25, -0.2) is 4.98 Å². The molecule has 1 aliphatic carbocycles. The summed E-state index contributed by atoms with van der Waals surface area (Å²) < 4.78 is 6.85.